The molecule has 5 heteroatoms. The summed E-state index contributed by atoms with van der Waals surface area (Å²) in [6.45, 7) is 6.51. The molecule has 0 atom stereocenters. The first-order valence-electron chi connectivity index (χ1n) is 4.62. The third-order valence-electron chi connectivity index (χ3n) is 1.82. The van der Waals surface area contributed by atoms with Crippen LogP contribution < -0.4 is 0 Å². The van der Waals surface area contributed by atoms with Gasteiger partial charge in [0.15, 0.2) is 0 Å². The minimum Gasteiger partial charge on any atom is -0.265 e. The molecule has 0 unspecified atom stereocenters. The van der Waals surface area contributed by atoms with E-state index >= 15 is 0 Å². The maximum Gasteiger partial charge on any atom is 0.264 e. The van der Waals surface area contributed by atoms with Crippen molar-refractivity contribution in [2.45, 2.75) is 32.8 Å². The molecule has 0 aliphatic rings. The summed E-state index contributed by atoms with van der Waals surface area (Å²) in [5.74, 6) is 0. The van der Waals surface area contributed by atoms with Gasteiger partial charge in [0.2, 0.25) is 0 Å². The predicted molar refractivity (Wildman–Crippen MR) is 62.7 cm³/mol. The molecule has 1 heterocycles. The molecule has 1 rings (SSSR count). The first kappa shape index (κ1) is 12.7. The highest BCUT2D eigenvalue weighted by molar-refractivity contribution is 7.85. The second-order valence-electron chi connectivity index (χ2n) is 4.48. The first-order chi connectivity index (χ1) is 6.68. The Balaban J connectivity index is 2.70. The van der Waals surface area contributed by atoms with Crippen LogP contribution in [-0.4, -0.2) is 14.7 Å². The maximum absolute atomic E-state index is 10.8. The Hall–Kier alpha value is -0.390. The lowest BCUT2D eigenvalue weighted by atomic mass is 9.95. The van der Waals surface area contributed by atoms with Crippen molar-refractivity contribution in [2.24, 2.45) is 0 Å². The molecule has 0 N–H and O–H groups in total. The molecule has 3 nitrogen and oxygen atoms in total. The summed E-state index contributed by atoms with van der Waals surface area (Å²) < 4.78 is 26.3. The topological polar surface area (TPSA) is 43.4 Å². The zero-order valence-corrected chi connectivity index (χ0v) is 11.0. The van der Waals surface area contributed by atoms with Gasteiger partial charge in [-0.25, -0.2) is 0 Å². The van der Waals surface area contributed by atoms with Gasteiger partial charge >= 0.3 is 0 Å². The van der Waals surface area contributed by atoms with Gasteiger partial charge in [0.1, 0.15) is 6.61 Å². The molecule has 0 saturated heterocycles. The van der Waals surface area contributed by atoms with Crippen LogP contribution in [0.25, 0.3) is 0 Å². The number of thiophene rings is 1. The van der Waals surface area contributed by atoms with Crippen LogP contribution in [0.5, 0.6) is 0 Å². The fraction of sp³-hybridized carbons (Fsp3) is 0.600. The normalized spacial score (nSPS) is 13.1. The van der Waals surface area contributed by atoms with E-state index in [0.29, 0.717) is 0 Å². The smallest absolute Gasteiger partial charge is 0.264 e. The predicted octanol–water partition coefficient (Wildman–Crippen LogP) is 2.52. The van der Waals surface area contributed by atoms with Crippen LogP contribution >= 0.6 is 11.3 Å². The van der Waals surface area contributed by atoms with Crippen LogP contribution in [0.1, 0.15) is 30.5 Å². The molecule has 0 amide bonds. The molecule has 0 aliphatic heterocycles. The van der Waals surface area contributed by atoms with Gasteiger partial charge in [0.25, 0.3) is 10.1 Å². The second kappa shape index (κ2) is 4.23. The second-order valence-corrected chi connectivity index (χ2v) is 7.29. The lowest BCUT2D eigenvalue weighted by Gasteiger charge is -2.15. The summed E-state index contributed by atoms with van der Waals surface area (Å²) >= 11 is 1.59. The molecule has 0 aromatic carbocycles. The summed E-state index contributed by atoms with van der Waals surface area (Å²) in [5, 5.41) is 0. The third kappa shape index (κ3) is 4.32. The Kier molecular flexibility index (Phi) is 3.58. The number of hydrogen-bond donors (Lipinski definition) is 0. The number of hydrogen-bond acceptors (Lipinski definition) is 4. The molecule has 0 aliphatic carbocycles. The summed E-state index contributed by atoms with van der Waals surface area (Å²) in [6, 6.07) is 3.93. The van der Waals surface area contributed by atoms with Crippen LogP contribution in [0.4, 0.5) is 0 Å². The van der Waals surface area contributed by atoms with E-state index in [1.807, 2.05) is 12.1 Å². The van der Waals surface area contributed by atoms with Crippen molar-refractivity contribution in [1.82, 2.24) is 0 Å². The van der Waals surface area contributed by atoms with Gasteiger partial charge < -0.3 is 0 Å². The maximum atomic E-state index is 10.8. The fourth-order valence-corrected chi connectivity index (χ4v) is 2.42. The summed E-state index contributed by atoms with van der Waals surface area (Å²) in [6.07, 6.45) is 1.06. The zero-order valence-electron chi connectivity index (χ0n) is 9.40. The van der Waals surface area contributed by atoms with Crippen LogP contribution in [0, 0.1) is 0 Å². The molecule has 0 saturated carbocycles. The molecular weight excluding hydrogens is 232 g/mol. The van der Waals surface area contributed by atoms with E-state index < -0.39 is 10.1 Å². The van der Waals surface area contributed by atoms with E-state index in [2.05, 4.69) is 20.8 Å². The van der Waals surface area contributed by atoms with E-state index in [9.17, 15) is 8.42 Å². The highest BCUT2D eigenvalue weighted by Crippen LogP contribution is 2.29. The van der Waals surface area contributed by atoms with Crippen molar-refractivity contribution in [3.8, 4) is 0 Å². The molecule has 0 spiro atoms. The SMILES string of the molecule is CC(C)(C)c1ccc(COS(C)(=O)=O)s1. The molecule has 0 radical (unpaired) electrons. The zero-order chi connectivity index (χ0) is 11.7. The summed E-state index contributed by atoms with van der Waals surface area (Å²) in [5.41, 5.74) is 0.105. The van der Waals surface area contributed by atoms with Gasteiger partial charge in [-0.1, -0.05) is 20.8 Å². The van der Waals surface area contributed by atoms with Gasteiger partial charge in [-0.3, -0.25) is 4.18 Å². The van der Waals surface area contributed by atoms with Gasteiger partial charge in [-0.2, -0.15) is 8.42 Å². The largest absolute Gasteiger partial charge is 0.265 e. The van der Waals surface area contributed by atoms with Crippen molar-refractivity contribution in [1.29, 1.82) is 0 Å². The van der Waals surface area contributed by atoms with Gasteiger partial charge in [-0.15, -0.1) is 11.3 Å². The van der Waals surface area contributed by atoms with Gasteiger partial charge in [-0.05, 0) is 17.5 Å². The minimum absolute atomic E-state index is 0.105. The third-order valence-corrected chi connectivity index (χ3v) is 3.85. The van der Waals surface area contributed by atoms with Crippen LogP contribution in [-0.2, 0) is 26.3 Å². The number of rotatable bonds is 3. The Morgan fingerprint density at radius 2 is 1.93 bits per heavy atom. The summed E-state index contributed by atoms with van der Waals surface area (Å²) in [4.78, 5) is 2.17. The molecular formula is C10H16O3S2. The molecule has 0 bridgehead atoms. The standard InChI is InChI=1S/C10H16O3S2/c1-10(2,3)9-6-5-8(14-9)7-13-15(4,11)12/h5-6H,7H2,1-4H3. The van der Waals surface area contributed by atoms with Crippen LogP contribution in [0.15, 0.2) is 12.1 Å². The van der Waals surface area contributed by atoms with E-state index in [1.54, 1.807) is 11.3 Å². The van der Waals surface area contributed by atoms with Crippen molar-refractivity contribution in [2.75, 3.05) is 6.26 Å². The monoisotopic (exact) mass is 248 g/mol. The Morgan fingerprint density at radius 1 is 1.33 bits per heavy atom. The Labute approximate surface area is 95.2 Å². The van der Waals surface area contributed by atoms with E-state index in [4.69, 9.17) is 4.18 Å². The Bertz CT molecular complexity index is 424. The molecule has 0 fully saturated rings. The van der Waals surface area contributed by atoms with Crippen molar-refractivity contribution >= 4 is 21.5 Å². The van der Waals surface area contributed by atoms with Gasteiger partial charge in [0, 0.05) is 9.75 Å². The molecule has 1 aromatic heterocycles. The first-order valence-corrected chi connectivity index (χ1v) is 7.25. The van der Waals surface area contributed by atoms with Crippen molar-refractivity contribution in [3.63, 3.8) is 0 Å². The lowest BCUT2D eigenvalue weighted by Crippen LogP contribution is -2.07. The fourth-order valence-electron chi connectivity index (χ4n) is 1.02. The Morgan fingerprint density at radius 3 is 2.33 bits per heavy atom. The molecule has 86 valence electrons. The van der Waals surface area contributed by atoms with Crippen LogP contribution in [0.3, 0.4) is 0 Å². The molecule has 15 heavy (non-hydrogen) atoms. The highest BCUT2D eigenvalue weighted by Gasteiger charge is 2.16. The van der Waals surface area contributed by atoms with Crippen molar-refractivity contribution in [3.05, 3.63) is 21.9 Å². The average Bonchev–Trinajstić information content (AvgIpc) is 2.45. The minimum atomic E-state index is -3.34. The van der Waals surface area contributed by atoms with Gasteiger partial charge in [0.05, 0.1) is 6.26 Å². The quantitative estimate of drug-likeness (QED) is 0.772. The summed E-state index contributed by atoms with van der Waals surface area (Å²) in [7, 11) is -3.34. The van der Waals surface area contributed by atoms with Crippen LogP contribution in [0.2, 0.25) is 0 Å². The molecule has 1 aromatic rings. The van der Waals surface area contributed by atoms with E-state index in [1.165, 1.54) is 4.88 Å². The van der Waals surface area contributed by atoms with E-state index in [-0.39, 0.29) is 12.0 Å². The highest BCUT2D eigenvalue weighted by atomic mass is 32.2. The average molecular weight is 248 g/mol. The van der Waals surface area contributed by atoms with Crippen molar-refractivity contribution < 1.29 is 12.6 Å². The van der Waals surface area contributed by atoms with E-state index in [0.717, 1.165) is 11.1 Å². The lowest BCUT2D eigenvalue weighted by molar-refractivity contribution is 0.315.